The fraction of sp³-hybridized carbons (Fsp3) is 0.455. The Bertz CT molecular complexity index is 521. The average Bonchev–Trinajstić information content (AvgIpc) is 2.71. The van der Waals surface area contributed by atoms with E-state index in [-0.39, 0.29) is 0 Å². The zero-order chi connectivity index (χ0) is 11.7. The Morgan fingerprint density at radius 2 is 2.24 bits per heavy atom. The second-order valence-electron chi connectivity index (χ2n) is 4.11. The van der Waals surface area contributed by atoms with Gasteiger partial charge in [-0.05, 0) is 25.0 Å². The van der Waals surface area contributed by atoms with Crippen LogP contribution < -0.4 is 5.32 Å². The van der Waals surface area contributed by atoms with Crippen molar-refractivity contribution in [1.82, 2.24) is 14.6 Å². The second-order valence-corrected chi connectivity index (χ2v) is 5.03. The summed E-state index contributed by atoms with van der Waals surface area (Å²) in [5, 5.41) is 7.73. The number of fused-ring (bicyclic) bond motifs is 1. The molecule has 0 saturated carbocycles. The molecule has 0 radical (unpaired) electrons. The van der Waals surface area contributed by atoms with Gasteiger partial charge >= 0.3 is 0 Å². The van der Waals surface area contributed by atoms with E-state index in [2.05, 4.69) is 31.3 Å². The van der Waals surface area contributed by atoms with Crippen LogP contribution in [0.1, 0.15) is 12.8 Å². The zero-order valence-electron chi connectivity index (χ0n) is 9.27. The first-order chi connectivity index (χ1) is 8.31. The maximum absolute atomic E-state index is 5.32. The van der Waals surface area contributed by atoms with E-state index < -0.39 is 0 Å². The fourth-order valence-electron chi connectivity index (χ4n) is 1.94. The van der Waals surface area contributed by atoms with Crippen molar-refractivity contribution in [3.63, 3.8) is 0 Å². The van der Waals surface area contributed by atoms with Gasteiger partial charge in [0.05, 0.1) is 0 Å². The van der Waals surface area contributed by atoms with E-state index in [0.717, 1.165) is 36.2 Å². The summed E-state index contributed by atoms with van der Waals surface area (Å²) < 4.78 is 8.10. The molecule has 2 aromatic rings. The Kier molecular flexibility index (Phi) is 2.98. The SMILES string of the molecule is Brc1ccn2nc(NC3CCOCC3)nc2c1. The van der Waals surface area contributed by atoms with E-state index in [4.69, 9.17) is 4.74 Å². The van der Waals surface area contributed by atoms with Crippen molar-refractivity contribution in [3.05, 3.63) is 22.8 Å². The molecule has 0 aliphatic carbocycles. The highest BCUT2D eigenvalue weighted by Crippen LogP contribution is 2.15. The first-order valence-corrected chi connectivity index (χ1v) is 6.47. The average molecular weight is 297 g/mol. The van der Waals surface area contributed by atoms with Crippen LogP contribution >= 0.6 is 15.9 Å². The van der Waals surface area contributed by atoms with E-state index in [1.54, 1.807) is 4.52 Å². The number of nitrogens with one attached hydrogen (secondary N) is 1. The van der Waals surface area contributed by atoms with E-state index in [9.17, 15) is 0 Å². The lowest BCUT2D eigenvalue weighted by atomic mass is 10.1. The molecule has 2 aromatic heterocycles. The molecule has 1 saturated heterocycles. The number of nitrogens with zero attached hydrogens (tertiary/aromatic N) is 3. The third kappa shape index (κ3) is 2.42. The molecule has 0 atom stereocenters. The standard InChI is InChI=1S/C11H13BrN4O/c12-8-1-4-16-10(7-8)14-11(15-16)13-9-2-5-17-6-3-9/h1,4,7,9H,2-3,5-6H2,(H,13,15). The van der Waals surface area contributed by atoms with Crippen molar-refractivity contribution >= 4 is 27.5 Å². The summed E-state index contributed by atoms with van der Waals surface area (Å²) in [6.07, 6.45) is 3.92. The van der Waals surface area contributed by atoms with Crippen molar-refractivity contribution in [2.45, 2.75) is 18.9 Å². The third-order valence-electron chi connectivity index (χ3n) is 2.85. The molecule has 1 aliphatic heterocycles. The Balaban J connectivity index is 1.80. The van der Waals surface area contributed by atoms with Crippen LogP contribution in [0.5, 0.6) is 0 Å². The highest BCUT2D eigenvalue weighted by Gasteiger charge is 2.15. The molecule has 0 amide bonds. The van der Waals surface area contributed by atoms with Gasteiger partial charge in [0.2, 0.25) is 5.95 Å². The summed E-state index contributed by atoms with van der Waals surface area (Å²) in [4.78, 5) is 4.44. The van der Waals surface area contributed by atoms with Gasteiger partial charge in [-0.2, -0.15) is 4.98 Å². The number of aromatic nitrogens is 3. The van der Waals surface area contributed by atoms with Crippen LogP contribution in [-0.4, -0.2) is 33.9 Å². The number of pyridine rings is 1. The fourth-order valence-corrected chi connectivity index (χ4v) is 2.27. The minimum atomic E-state index is 0.421. The van der Waals surface area contributed by atoms with Crippen LogP contribution in [0.3, 0.4) is 0 Å². The van der Waals surface area contributed by atoms with Crippen LogP contribution in [0.4, 0.5) is 5.95 Å². The van der Waals surface area contributed by atoms with E-state index in [1.807, 2.05) is 18.3 Å². The number of anilines is 1. The normalized spacial score (nSPS) is 17.5. The smallest absolute Gasteiger partial charge is 0.243 e. The molecule has 17 heavy (non-hydrogen) atoms. The predicted octanol–water partition coefficient (Wildman–Crippen LogP) is 2.08. The molecule has 3 heterocycles. The lowest BCUT2D eigenvalue weighted by Gasteiger charge is -2.22. The third-order valence-corrected chi connectivity index (χ3v) is 3.35. The molecular weight excluding hydrogens is 284 g/mol. The van der Waals surface area contributed by atoms with Crippen LogP contribution in [0.25, 0.3) is 5.65 Å². The maximum atomic E-state index is 5.32. The van der Waals surface area contributed by atoms with Crippen molar-refractivity contribution in [1.29, 1.82) is 0 Å². The molecule has 5 nitrogen and oxygen atoms in total. The van der Waals surface area contributed by atoms with Gasteiger partial charge in [0.1, 0.15) is 0 Å². The van der Waals surface area contributed by atoms with E-state index in [1.165, 1.54) is 0 Å². The summed E-state index contributed by atoms with van der Waals surface area (Å²) in [5.74, 6) is 0.690. The Morgan fingerprint density at radius 3 is 3.06 bits per heavy atom. The zero-order valence-corrected chi connectivity index (χ0v) is 10.9. The quantitative estimate of drug-likeness (QED) is 0.922. The van der Waals surface area contributed by atoms with E-state index in [0.29, 0.717) is 12.0 Å². The monoisotopic (exact) mass is 296 g/mol. The maximum Gasteiger partial charge on any atom is 0.243 e. The Labute approximate surface area is 107 Å². The number of hydrogen-bond acceptors (Lipinski definition) is 4. The molecule has 1 N–H and O–H groups in total. The summed E-state index contributed by atoms with van der Waals surface area (Å²) in [6.45, 7) is 1.63. The van der Waals surface area contributed by atoms with Gasteiger partial charge in [0.15, 0.2) is 5.65 Å². The Morgan fingerprint density at radius 1 is 1.41 bits per heavy atom. The van der Waals surface area contributed by atoms with Crippen molar-refractivity contribution in [2.24, 2.45) is 0 Å². The van der Waals surface area contributed by atoms with Crippen molar-refractivity contribution < 1.29 is 4.74 Å². The van der Waals surface area contributed by atoms with Gasteiger partial charge in [0.25, 0.3) is 0 Å². The molecule has 0 spiro atoms. The van der Waals surface area contributed by atoms with Gasteiger partial charge in [-0.3, -0.25) is 0 Å². The largest absolute Gasteiger partial charge is 0.381 e. The second kappa shape index (κ2) is 4.62. The summed E-state index contributed by atoms with van der Waals surface area (Å²) in [5.41, 5.74) is 0.842. The minimum absolute atomic E-state index is 0.421. The van der Waals surface area contributed by atoms with Crippen LogP contribution in [0, 0.1) is 0 Å². The highest BCUT2D eigenvalue weighted by molar-refractivity contribution is 9.10. The van der Waals surface area contributed by atoms with Crippen LogP contribution in [-0.2, 0) is 4.74 Å². The molecule has 1 aliphatic rings. The Hall–Kier alpha value is -1.14. The molecule has 6 heteroatoms. The number of ether oxygens (including phenoxy) is 1. The number of hydrogen-bond donors (Lipinski definition) is 1. The molecule has 3 rings (SSSR count). The first kappa shape index (κ1) is 11.0. The lowest BCUT2D eigenvalue weighted by molar-refractivity contribution is 0.0903. The van der Waals surface area contributed by atoms with E-state index >= 15 is 0 Å². The van der Waals surface area contributed by atoms with Gasteiger partial charge < -0.3 is 10.1 Å². The van der Waals surface area contributed by atoms with Crippen molar-refractivity contribution in [3.8, 4) is 0 Å². The van der Waals surface area contributed by atoms with Gasteiger partial charge in [0, 0.05) is 29.9 Å². The minimum Gasteiger partial charge on any atom is -0.381 e. The van der Waals surface area contributed by atoms with Crippen molar-refractivity contribution in [2.75, 3.05) is 18.5 Å². The predicted molar refractivity (Wildman–Crippen MR) is 68.2 cm³/mol. The van der Waals surface area contributed by atoms with Crippen LogP contribution in [0.15, 0.2) is 22.8 Å². The number of rotatable bonds is 2. The summed E-state index contributed by atoms with van der Waals surface area (Å²) in [6, 6.07) is 4.31. The van der Waals surface area contributed by atoms with Crippen LogP contribution in [0.2, 0.25) is 0 Å². The molecule has 1 fully saturated rings. The van der Waals surface area contributed by atoms with Gasteiger partial charge in [-0.1, -0.05) is 15.9 Å². The molecule has 90 valence electrons. The molecule has 0 unspecified atom stereocenters. The highest BCUT2D eigenvalue weighted by atomic mass is 79.9. The topological polar surface area (TPSA) is 51.5 Å². The molecular formula is C11H13BrN4O. The molecule has 0 bridgehead atoms. The summed E-state index contributed by atoms with van der Waals surface area (Å²) >= 11 is 3.42. The van der Waals surface area contributed by atoms with Gasteiger partial charge in [-0.25, -0.2) is 4.52 Å². The molecule has 0 aromatic carbocycles. The number of halogens is 1. The van der Waals surface area contributed by atoms with Gasteiger partial charge in [-0.15, -0.1) is 5.10 Å². The lowest BCUT2D eigenvalue weighted by Crippen LogP contribution is -2.28. The summed E-state index contributed by atoms with van der Waals surface area (Å²) in [7, 11) is 0. The first-order valence-electron chi connectivity index (χ1n) is 5.67.